The Morgan fingerprint density at radius 3 is 2.59 bits per heavy atom. The average molecular weight is 319 g/mol. The van der Waals surface area contributed by atoms with E-state index in [1.165, 1.54) is 12.1 Å². The molecule has 6 heteroatoms. The average Bonchev–Trinajstić information content (AvgIpc) is 2.50. The van der Waals surface area contributed by atoms with Gasteiger partial charge in [-0.2, -0.15) is 5.26 Å². The van der Waals surface area contributed by atoms with Crippen LogP contribution >= 0.6 is 11.6 Å². The van der Waals surface area contributed by atoms with Crippen molar-refractivity contribution in [3.8, 4) is 11.8 Å². The molecule has 0 aromatic heterocycles. The third kappa shape index (κ3) is 3.96. The predicted octanol–water partition coefficient (Wildman–Crippen LogP) is 3.76. The summed E-state index contributed by atoms with van der Waals surface area (Å²) in [5, 5.41) is 11.4. The number of ether oxygens (including phenoxy) is 1. The number of carbonyl (C=O) groups excluding carboxylic acids is 1. The quantitative estimate of drug-likeness (QED) is 0.933. The van der Waals surface area contributed by atoms with Crippen molar-refractivity contribution >= 4 is 23.2 Å². The monoisotopic (exact) mass is 318 g/mol. The Morgan fingerprint density at radius 2 is 2.00 bits per heavy atom. The summed E-state index contributed by atoms with van der Waals surface area (Å²) in [5.74, 6) is -0.436. The number of carbonyl (C=O) groups is 1. The SMILES string of the molecule is CC(Oc1ccc(C#N)cc1)C(=O)Nc1ccc(F)cc1Cl. The number of hydrogen-bond donors (Lipinski definition) is 1. The second kappa shape index (κ2) is 6.92. The molecule has 0 aliphatic rings. The predicted molar refractivity (Wildman–Crippen MR) is 81.3 cm³/mol. The van der Waals surface area contributed by atoms with Crippen LogP contribution in [0.15, 0.2) is 42.5 Å². The van der Waals surface area contributed by atoms with Crippen molar-refractivity contribution in [2.45, 2.75) is 13.0 Å². The van der Waals surface area contributed by atoms with E-state index in [9.17, 15) is 9.18 Å². The first kappa shape index (κ1) is 15.8. The van der Waals surface area contributed by atoms with Gasteiger partial charge in [-0.1, -0.05) is 11.6 Å². The summed E-state index contributed by atoms with van der Waals surface area (Å²) >= 11 is 5.85. The van der Waals surface area contributed by atoms with Gasteiger partial charge in [0.1, 0.15) is 11.6 Å². The summed E-state index contributed by atoms with van der Waals surface area (Å²) in [5.41, 5.74) is 0.811. The van der Waals surface area contributed by atoms with Gasteiger partial charge in [0, 0.05) is 0 Å². The number of amides is 1. The minimum Gasteiger partial charge on any atom is -0.481 e. The number of halogens is 2. The summed E-state index contributed by atoms with van der Waals surface area (Å²) in [6, 6.07) is 12.1. The maximum atomic E-state index is 12.9. The molecule has 1 atom stereocenters. The molecule has 1 amide bonds. The van der Waals surface area contributed by atoms with Gasteiger partial charge in [-0.15, -0.1) is 0 Å². The number of nitrogens with zero attached hydrogens (tertiary/aromatic N) is 1. The maximum Gasteiger partial charge on any atom is 0.265 e. The number of rotatable bonds is 4. The Labute approximate surface area is 132 Å². The van der Waals surface area contributed by atoms with Crippen molar-refractivity contribution in [1.29, 1.82) is 5.26 Å². The summed E-state index contributed by atoms with van der Waals surface area (Å²) < 4.78 is 18.4. The number of anilines is 1. The van der Waals surface area contributed by atoms with Crippen molar-refractivity contribution in [1.82, 2.24) is 0 Å². The van der Waals surface area contributed by atoms with Gasteiger partial charge in [0.15, 0.2) is 6.10 Å². The Kier molecular flexibility index (Phi) is 4.97. The normalized spacial score (nSPS) is 11.4. The molecule has 0 saturated carbocycles. The largest absolute Gasteiger partial charge is 0.481 e. The van der Waals surface area contributed by atoms with E-state index in [1.807, 2.05) is 6.07 Å². The standard InChI is InChI=1S/C16H12ClFN2O2/c1-10(22-13-5-2-11(9-19)3-6-13)16(21)20-15-7-4-12(18)8-14(15)17/h2-8,10H,1H3,(H,20,21). The Bertz CT molecular complexity index is 726. The zero-order valence-electron chi connectivity index (χ0n) is 11.6. The zero-order valence-corrected chi connectivity index (χ0v) is 12.4. The molecule has 0 heterocycles. The summed E-state index contributed by atoms with van der Waals surface area (Å²) in [6.07, 6.45) is -0.783. The van der Waals surface area contributed by atoms with E-state index >= 15 is 0 Å². The van der Waals surface area contributed by atoms with Gasteiger partial charge in [0.2, 0.25) is 0 Å². The molecule has 22 heavy (non-hydrogen) atoms. The topological polar surface area (TPSA) is 62.1 Å². The van der Waals surface area contributed by atoms with Crippen molar-refractivity contribution in [2.24, 2.45) is 0 Å². The van der Waals surface area contributed by atoms with Crippen molar-refractivity contribution < 1.29 is 13.9 Å². The Hall–Kier alpha value is -2.58. The lowest BCUT2D eigenvalue weighted by Crippen LogP contribution is -2.30. The lowest BCUT2D eigenvalue weighted by Gasteiger charge is -2.15. The molecular weight excluding hydrogens is 307 g/mol. The first-order chi connectivity index (χ1) is 10.5. The Balaban J connectivity index is 2.01. The van der Waals surface area contributed by atoms with Crippen LogP contribution in [0.2, 0.25) is 5.02 Å². The van der Waals surface area contributed by atoms with E-state index in [0.29, 0.717) is 17.0 Å². The van der Waals surface area contributed by atoms with Gasteiger partial charge < -0.3 is 10.1 Å². The first-order valence-electron chi connectivity index (χ1n) is 6.42. The molecule has 0 bridgehead atoms. The van der Waals surface area contributed by atoms with E-state index in [1.54, 1.807) is 31.2 Å². The molecule has 1 N–H and O–H groups in total. The molecule has 0 aliphatic heterocycles. The zero-order chi connectivity index (χ0) is 16.1. The van der Waals surface area contributed by atoms with Crippen LogP contribution in [0, 0.1) is 17.1 Å². The first-order valence-corrected chi connectivity index (χ1v) is 6.80. The minimum absolute atomic E-state index is 0.110. The highest BCUT2D eigenvalue weighted by Gasteiger charge is 2.16. The fourth-order valence-corrected chi connectivity index (χ4v) is 1.91. The number of nitrogens with one attached hydrogen (secondary N) is 1. The summed E-state index contributed by atoms with van der Waals surface area (Å²) in [6.45, 7) is 1.57. The van der Waals surface area contributed by atoms with E-state index in [2.05, 4.69) is 5.32 Å². The van der Waals surface area contributed by atoms with Crippen LogP contribution in [-0.4, -0.2) is 12.0 Å². The maximum absolute atomic E-state index is 12.9. The van der Waals surface area contributed by atoms with E-state index in [4.69, 9.17) is 21.6 Å². The lowest BCUT2D eigenvalue weighted by molar-refractivity contribution is -0.122. The molecule has 2 aromatic carbocycles. The van der Waals surface area contributed by atoms with Gasteiger partial charge >= 0.3 is 0 Å². The molecule has 0 aliphatic carbocycles. The summed E-state index contributed by atoms with van der Waals surface area (Å²) in [4.78, 5) is 12.0. The molecule has 2 rings (SSSR count). The fraction of sp³-hybridized carbons (Fsp3) is 0.125. The molecule has 4 nitrogen and oxygen atoms in total. The van der Waals surface area contributed by atoms with Crippen LogP contribution in [0.3, 0.4) is 0 Å². The highest BCUT2D eigenvalue weighted by atomic mass is 35.5. The highest BCUT2D eigenvalue weighted by Crippen LogP contribution is 2.23. The lowest BCUT2D eigenvalue weighted by atomic mass is 10.2. The van der Waals surface area contributed by atoms with E-state index < -0.39 is 17.8 Å². The van der Waals surface area contributed by atoms with Crippen LogP contribution in [0.5, 0.6) is 5.75 Å². The second-order valence-electron chi connectivity index (χ2n) is 4.51. The molecule has 0 spiro atoms. The third-order valence-corrected chi connectivity index (χ3v) is 3.17. The number of hydrogen-bond acceptors (Lipinski definition) is 3. The van der Waals surface area contributed by atoms with Crippen LogP contribution in [-0.2, 0) is 4.79 Å². The van der Waals surface area contributed by atoms with Gasteiger partial charge in [-0.25, -0.2) is 4.39 Å². The molecule has 1 unspecified atom stereocenters. The van der Waals surface area contributed by atoms with Crippen LogP contribution in [0.1, 0.15) is 12.5 Å². The third-order valence-electron chi connectivity index (χ3n) is 2.85. The Morgan fingerprint density at radius 1 is 1.32 bits per heavy atom. The van der Waals surface area contributed by atoms with Crippen LogP contribution < -0.4 is 10.1 Å². The van der Waals surface area contributed by atoms with Crippen molar-refractivity contribution in [2.75, 3.05) is 5.32 Å². The number of nitriles is 1. The van der Waals surface area contributed by atoms with Gasteiger partial charge in [0.05, 0.1) is 22.3 Å². The fourth-order valence-electron chi connectivity index (χ4n) is 1.69. The molecule has 2 aromatic rings. The molecule has 0 saturated heterocycles. The van der Waals surface area contributed by atoms with Crippen molar-refractivity contribution in [3.63, 3.8) is 0 Å². The van der Waals surface area contributed by atoms with E-state index in [-0.39, 0.29) is 5.02 Å². The van der Waals surface area contributed by atoms with Gasteiger partial charge in [0.25, 0.3) is 5.91 Å². The molecular formula is C16H12ClFN2O2. The molecule has 112 valence electrons. The van der Waals surface area contributed by atoms with Crippen molar-refractivity contribution in [3.05, 3.63) is 58.9 Å². The van der Waals surface area contributed by atoms with Crippen LogP contribution in [0.4, 0.5) is 10.1 Å². The molecule has 0 fully saturated rings. The van der Waals surface area contributed by atoms with Crippen LogP contribution in [0.25, 0.3) is 0 Å². The highest BCUT2D eigenvalue weighted by molar-refractivity contribution is 6.33. The molecule has 0 radical (unpaired) electrons. The second-order valence-corrected chi connectivity index (χ2v) is 4.92. The van der Waals surface area contributed by atoms with E-state index in [0.717, 1.165) is 6.07 Å². The smallest absolute Gasteiger partial charge is 0.265 e. The minimum atomic E-state index is -0.783. The van der Waals surface area contributed by atoms with Gasteiger partial charge in [-0.3, -0.25) is 4.79 Å². The summed E-state index contributed by atoms with van der Waals surface area (Å²) in [7, 11) is 0. The number of benzene rings is 2. The van der Waals surface area contributed by atoms with Gasteiger partial charge in [-0.05, 0) is 49.4 Å².